The van der Waals surface area contributed by atoms with Crippen molar-refractivity contribution in [2.45, 2.75) is 32.2 Å². The summed E-state index contributed by atoms with van der Waals surface area (Å²) in [6, 6.07) is 17.0. The normalized spacial score (nSPS) is 20.8. The van der Waals surface area contributed by atoms with E-state index >= 15 is 0 Å². The van der Waals surface area contributed by atoms with Crippen LogP contribution in [0.15, 0.2) is 54.7 Å². The Balaban J connectivity index is 1.81. The largest absolute Gasteiger partial charge is 0.380 e. The molecule has 1 saturated heterocycles. The van der Waals surface area contributed by atoms with Gasteiger partial charge in [-0.05, 0) is 30.0 Å². The second kappa shape index (κ2) is 7.91. The third-order valence-corrected chi connectivity index (χ3v) is 4.75. The topological polar surface area (TPSA) is 25.4 Å². The van der Waals surface area contributed by atoms with Gasteiger partial charge in [-0.2, -0.15) is 0 Å². The molecule has 0 radical (unpaired) electrons. The average Bonchev–Trinajstić information content (AvgIpc) is 3.06. The summed E-state index contributed by atoms with van der Waals surface area (Å²) in [5.41, 5.74) is 2.64. The molecule has 0 saturated carbocycles. The molecule has 1 aliphatic heterocycles. The van der Waals surface area contributed by atoms with E-state index < -0.39 is 0 Å². The van der Waals surface area contributed by atoms with Gasteiger partial charge in [-0.15, -0.1) is 0 Å². The maximum Gasteiger partial charge on any atom is 0.0576 e. The fourth-order valence-electron chi connectivity index (χ4n) is 3.69. The minimum absolute atomic E-state index is 0.102. The number of hydrogen-bond donors (Lipinski definition) is 0. The number of benzene rings is 1. The maximum atomic E-state index is 5.83. The second-order valence-corrected chi connectivity index (χ2v) is 7.33. The van der Waals surface area contributed by atoms with Crippen molar-refractivity contribution in [2.24, 2.45) is 5.92 Å². The molecule has 0 bridgehead atoms. The quantitative estimate of drug-likeness (QED) is 0.772. The molecule has 3 rings (SSSR count). The molecule has 1 aliphatic rings. The van der Waals surface area contributed by atoms with E-state index in [1.165, 1.54) is 5.56 Å². The molecule has 0 amide bonds. The zero-order chi connectivity index (χ0) is 16.8. The molecule has 3 nitrogen and oxygen atoms in total. The molecule has 0 N–H and O–H groups in total. The van der Waals surface area contributed by atoms with Gasteiger partial charge in [0.05, 0.1) is 12.3 Å². The first-order chi connectivity index (χ1) is 11.7. The number of ether oxygens (including phenoxy) is 1. The molecule has 2 aromatic rings. The van der Waals surface area contributed by atoms with Crippen molar-refractivity contribution >= 4 is 0 Å². The molecule has 3 heteroatoms. The van der Waals surface area contributed by atoms with Gasteiger partial charge in [-0.25, -0.2) is 0 Å². The molecule has 0 aliphatic carbocycles. The maximum absolute atomic E-state index is 5.83. The van der Waals surface area contributed by atoms with Gasteiger partial charge in [0.25, 0.3) is 0 Å². The SMILES string of the molecule is CC(C)CN(Cc1ccccn1)C[C@]1(c2ccccc2)CCOC1. The Labute approximate surface area is 145 Å². The third-order valence-electron chi connectivity index (χ3n) is 4.75. The van der Waals surface area contributed by atoms with Crippen molar-refractivity contribution in [1.29, 1.82) is 0 Å². The number of aromatic nitrogens is 1. The summed E-state index contributed by atoms with van der Waals surface area (Å²) in [5.74, 6) is 0.629. The van der Waals surface area contributed by atoms with Crippen LogP contribution in [0, 0.1) is 5.92 Å². The average molecular weight is 324 g/mol. The number of hydrogen-bond acceptors (Lipinski definition) is 3. The van der Waals surface area contributed by atoms with Gasteiger partial charge >= 0.3 is 0 Å². The summed E-state index contributed by atoms with van der Waals surface area (Å²) in [6.45, 7) is 9.23. The van der Waals surface area contributed by atoms with Crippen LogP contribution < -0.4 is 0 Å². The van der Waals surface area contributed by atoms with E-state index in [1.54, 1.807) is 0 Å². The zero-order valence-corrected chi connectivity index (χ0v) is 14.8. The van der Waals surface area contributed by atoms with Crippen molar-refractivity contribution in [1.82, 2.24) is 9.88 Å². The summed E-state index contributed by atoms with van der Waals surface area (Å²) >= 11 is 0. The summed E-state index contributed by atoms with van der Waals surface area (Å²) < 4.78 is 5.83. The number of rotatable bonds is 7. The van der Waals surface area contributed by atoms with Crippen LogP contribution in [0.1, 0.15) is 31.5 Å². The van der Waals surface area contributed by atoms with E-state index in [-0.39, 0.29) is 5.41 Å². The first kappa shape index (κ1) is 17.1. The molecule has 2 heterocycles. The predicted molar refractivity (Wildman–Crippen MR) is 97.9 cm³/mol. The lowest BCUT2D eigenvalue weighted by atomic mass is 9.79. The van der Waals surface area contributed by atoms with E-state index in [2.05, 4.69) is 66.2 Å². The molecule has 1 aromatic carbocycles. The molecule has 1 atom stereocenters. The monoisotopic (exact) mass is 324 g/mol. The minimum atomic E-state index is 0.102. The Morgan fingerprint density at radius 3 is 2.54 bits per heavy atom. The lowest BCUT2D eigenvalue weighted by Gasteiger charge is -2.35. The number of pyridine rings is 1. The Kier molecular flexibility index (Phi) is 5.64. The van der Waals surface area contributed by atoms with Gasteiger partial charge in [-0.1, -0.05) is 50.2 Å². The van der Waals surface area contributed by atoms with Gasteiger partial charge in [0, 0.05) is 37.9 Å². The zero-order valence-electron chi connectivity index (χ0n) is 14.8. The Morgan fingerprint density at radius 1 is 1.12 bits per heavy atom. The van der Waals surface area contributed by atoms with Gasteiger partial charge in [0.15, 0.2) is 0 Å². The van der Waals surface area contributed by atoms with E-state index in [9.17, 15) is 0 Å². The Bertz CT molecular complexity index is 606. The lowest BCUT2D eigenvalue weighted by Crippen LogP contribution is -2.42. The summed E-state index contributed by atoms with van der Waals surface area (Å²) in [7, 11) is 0. The van der Waals surface area contributed by atoms with E-state index in [0.717, 1.165) is 45.0 Å². The van der Waals surface area contributed by atoms with Crippen molar-refractivity contribution in [3.63, 3.8) is 0 Å². The molecular formula is C21H28N2O. The first-order valence-electron chi connectivity index (χ1n) is 8.93. The molecule has 128 valence electrons. The van der Waals surface area contributed by atoms with Crippen LogP contribution in [-0.2, 0) is 16.7 Å². The molecule has 24 heavy (non-hydrogen) atoms. The first-order valence-corrected chi connectivity index (χ1v) is 8.93. The highest BCUT2D eigenvalue weighted by Crippen LogP contribution is 2.34. The van der Waals surface area contributed by atoms with Gasteiger partial charge in [-0.3, -0.25) is 9.88 Å². The summed E-state index contributed by atoms with van der Waals surface area (Å²) in [5, 5.41) is 0. The molecule has 1 aromatic heterocycles. The summed E-state index contributed by atoms with van der Waals surface area (Å²) in [4.78, 5) is 7.07. The van der Waals surface area contributed by atoms with Crippen LogP contribution in [0.3, 0.4) is 0 Å². The Hall–Kier alpha value is -1.71. The van der Waals surface area contributed by atoms with Gasteiger partial charge in [0.2, 0.25) is 0 Å². The predicted octanol–water partition coefficient (Wildman–Crippen LogP) is 3.90. The van der Waals surface area contributed by atoms with E-state index in [1.807, 2.05) is 12.3 Å². The van der Waals surface area contributed by atoms with Crippen molar-refractivity contribution in [2.75, 3.05) is 26.3 Å². The number of nitrogens with zero attached hydrogens (tertiary/aromatic N) is 2. The van der Waals surface area contributed by atoms with Gasteiger partial charge in [0.1, 0.15) is 0 Å². The molecule has 1 fully saturated rings. The summed E-state index contributed by atoms with van der Waals surface area (Å²) in [6.07, 6.45) is 2.97. The second-order valence-electron chi connectivity index (χ2n) is 7.33. The van der Waals surface area contributed by atoms with E-state index in [0.29, 0.717) is 5.92 Å². The van der Waals surface area contributed by atoms with Crippen LogP contribution in [0.5, 0.6) is 0 Å². The highest BCUT2D eigenvalue weighted by molar-refractivity contribution is 5.27. The van der Waals surface area contributed by atoms with Crippen LogP contribution in [0.4, 0.5) is 0 Å². The van der Waals surface area contributed by atoms with Crippen LogP contribution in [0.25, 0.3) is 0 Å². The fourth-order valence-corrected chi connectivity index (χ4v) is 3.69. The van der Waals surface area contributed by atoms with Crippen molar-refractivity contribution in [3.05, 3.63) is 66.0 Å². The Morgan fingerprint density at radius 2 is 1.92 bits per heavy atom. The van der Waals surface area contributed by atoms with Crippen molar-refractivity contribution in [3.8, 4) is 0 Å². The highest BCUT2D eigenvalue weighted by atomic mass is 16.5. The van der Waals surface area contributed by atoms with E-state index in [4.69, 9.17) is 4.74 Å². The standard InChI is InChI=1S/C21H28N2O/c1-18(2)14-23(15-20-10-6-7-12-22-20)16-21(11-13-24-17-21)19-8-4-3-5-9-19/h3-10,12,18H,11,13-17H2,1-2H3/t21-/m1/s1. The van der Waals surface area contributed by atoms with Crippen LogP contribution >= 0.6 is 0 Å². The molecule has 0 unspecified atom stereocenters. The smallest absolute Gasteiger partial charge is 0.0576 e. The minimum Gasteiger partial charge on any atom is -0.380 e. The highest BCUT2D eigenvalue weighted by Gasteiger charge is 2.38. The van der Waals surface area contributed by atoms with Crippen LogP contribution in [-0.4, -0.2) is 36.2 Å². The van der Waals surface area contributed by atoms with Crippen LogP contribution in [0.2, 0.25) is 0 Å². The van der Waals surface area contributed by atoms with Crippen molar-refractivity contribution < 1.29 is 4.74 Å². The van der Waals surface area contributed by atoms with Gasteiger partial charge < -0.3 is 4.74 Å². The molecule has 0 spiro atoms. The lowest BCUT2D eigenvalue weighted by molar-refractivity contribution is 0.139. The molecular weight excluding hydrogens is 296 g/mol. The fraction of sp³-hybridized carbons (Fsp3) is 0.476. The third kappa shape index (κ3) is 4.22.